The molecule has 1 aromatic carbocycles. The first-order valence-electron chi connectivity index (χ1n) is 8.60. The Labute approximate surface area is 145 Å². The Morgan fingerprint density at radius 2 is 2.28 bits per heavy atom. The van der Waals surface area contributed by atoms with Crippen LogP contribution in [0.15, 0.2) is 35.0 Å². The van der Waals surface area contributed by atoms with Crippen LogP contribution < -0.4 is 10.2 Å². The first kappa shape index (κ1) is 15.7. The third-order valence-electron chi connectivity index (χ3n) is 4.52. The summed E-state index contributed by atoms with van der Waals surface area (Å²) in [5.41, 5.74) is 3.32. The molecule has 7 heteroatoms. The van der Waals surface area contributed by atoms with E-state index in [1.165, 1.54) is 0 Å². The summed E-state index contributed by atoms with van der Waals surface area (Å²) in [7, 11) is 1.85. The minimum absolute atomic E-state index is 0.0775. The van der Waals surface area contributed by atoms with Gasteiger partial charge in [-0.1, -0.05) is 6.92 Å². The number of aryl methyl sites for hydroxylation is 2. The molecule has 1 aliphatic rings. The molecule has 0 aliphatic carbocycles. The number of benzene rings is 1. The van der Waals surface area contributed by atoms with Crippen LogP contribution in [0.4, 0.5) is 11.4 Å². The predicted molar refractivity (Wildman–Crippen MR) is 95.6 cm³/mol. The quantitative estimate of drug-likeness (QED) is 0.791. The van der Waals surface area contributed by atoms with Crippen molar-refractivity contribution in [2.24, 2.45) is 7.05 Å². The third-order valence-corrected chi connectivity index (χ3v) is 4.52. The van der Waals surface area contributed by atoms with Gasteiger partial charge in [0, 0.05) is 31.9 Å². The zero-order valence-corrected chi connectivity index (χ0v) is 14.4. The van der Waals surface area contributed by atoms with Crippen LogP contribution in [0.1, 0.15) is 25.7 Å². The second-order valence-electron chi connectivity index (χ2n) is 6.34. The molecule has 0 saturated carbocycles. The standard InChI is InChI=1S/C18H21N5O2/c1-3-17-21-15-9-12(6-7-16(15)25-17)20-14-5-4-8-23(18(14)24)13-10-19-22(2)11-13/h6-7,9-11,14,20H,3-5,8H2,1-2H3/t14-/m1/s1. The van der Waals surface area contributed by atoms with Gasteiger partial charge in [0.25, 0.3) is 0 Å². The summed E-state index contributed by atoms with van der Waals surface area (Å²) in [5.74, 6) is 0.803. The van der Waals surface area contributed by atoms with E-state index in [2.05, 4.69) is 15.4 Å². The summed E-state index contributed by atoms with van der Waals surface area (Å²) in [6.07, 6.45) is 6.12. The molecular formula is C18H21N5O2. The van der Waals surface area contributed by atoms with Crippen LogP contribution in [0.2, 0.25) is 0 Å². The van der Waals surface area contributed by atoms with Crippen LogP contribution in [0.3, 0.4) is 0 Å². The highest BCUT2D eigenvalue weighted by atomic mass is 16.3. The lowest BCUT2D eigenvalue weighted by molar-refractivity contribution is -0.120. The van der Waals surface area contributed by atoms with Crippen molar-refractivity contribution in [1.29, 1.82) is 0 Å². The number of fused-ring (bicyclic) bond motifs is 1. The van der Waals surface area contributed by atoms with E-state index in [4.69, 9.17) is 4.42 Å². The average molecular weight is 339 g/mol. The van der Waals surface area contributed by atoms with Gasteiger partial charge in [-0.2, -0.15) is 5.10 Å². The molecule has 2 aromatic heterocycles. The van der Waals surface area contributed by atoms with Gasteiger partial charge in [-0.25, -0.2) is 4.98 Å². The lowest BCUT2D eigenvalue weighted by atomic mass is 10.0. The highest BCUT2D eigenvalue weighted by molar-refractivity contribution is 5.99. The van der Waals surface area contributed by atoms with Crippen molar-refractivity contribution < 1.29 is 9.21 Å². The number of oxazole rings is 1. The number of nitrogens with one attached hydrogen (secondary N) is 1. The van der Waals surface area contributed by atoms with Crippen molar-refractivity contribution >= 4 is 28.4 Å². The Hall–Kier alpha value is -2.83. The lowest BCUT2D eigenvalue weighted by Crippen LogP contribution is -2.47. The smallest absolute Gasteiger partial charge is 0.249 e. The monoisotopic (exact) mass is 339 g/mol. The van der Waals surface area contributed by atoms with Crippen molar-refractivity contribution in [1.82, 2.24) is 14.8 Å². The Balaban J connectivity index is 1.54. The molecule has 0 unspecified atom stereocenters. The molecule has 25 heavy (non-hydrogen) atoms. The molecule has 0 spiro atoms. The van der Waals surface area contributed by atoms with E-state index in [-0.39, 0.29) is 11.9 Å². The molecule has 1 amide bonds. The highest BCUT2D eigenvalue weighted by Crippen LogP contribution is 2.25. The number of piperidine rings is 1. The number of aromatic nitrogens is 3. The van der Waals surface area contributed by atoms with Gasteiger partial charge >= 0.3 is 0 Å². The van der Waals surface area contributed by atoms with E-state index < -0.39 is 0 Å². The van der Waals surface area contributed by atoms with Crippen molar-refractivity contribution in [2.45, 2.75) is 32.2 Å². The van der Waals surface area contributed by atoms with Gasteiger partial charge in [0.2, 0.25) is 5.91 Å². The van der Waals surface area contributed by atoms with E-state index in [1.807, 2.05) is 38.4 Å². The molecular weight excluding hydrogens is 318 g/mol. The first-order chi connectivity index (χ1) is 12.1. The zero-order valence-electron chi connectivity index (χ0n) is 14.4. The summed E-state index contributed by atoms with van der Waals surface area (Å²) in [6, 6.07) is 5.53. The molecule has 7 nitrogen and oxygen atoms in total. The molecule has 3 heterocycles. The lowest BCUT2D eigenvalue weighted by Gasteiger charge is -2.32. The summed E-state index contributed by atoms with van der Waals surface area (Å²) in [5, 5.41) is 7.52. The number of hydrogen-bond donors (Lipinski definition) is 1. The van der Waals surface area contributed by atoms with Gasteiger partial charge in [-0.05, 0) is 31.0 Å². The van der Waals surface area contributed by atoms with Gasteiger partial charge in [-0.15, -0.1) is 0 Å². The SMILES string of the molecule is CCc1nc2cc(N[C@@H]3CCCN(c4cnn(C)c4)C3=O)ccc2o1. The fourth-order valence-electron chi connectivity index (χ4n) is 3.23. The van der Waals surface area contributed by atoms with Gasteiger partial charge in [0.15, 0.2) is 11.5 Å². The second kappa shape index (κ2) is 6.23. The number of hydrogen-bond acceptors (Lipinski definition) is 5. The van der Waals surface area contributed by atoms with Crippen LogP contribution in [0, 0.1) is 0 Å². The van der Waals surface area contributed by atoms with Crippen molar-refractivity contribution in [3.63, 3.8) is 0 Å². The maximum atomic E-state index is 12.8. The third kappa shape index (κ3) is 2.97. The number of carbonyl (C=O) groups excluding carboxylic acids is 1. The molecule has 1 aliphatic heterocycles. The summed E-state index contributed by atoms with van der Waals surface area (Å²) >= 11 is 0. The zero-order chi connectivity index (χ0) is 17.4. The highest BCUT2D eigenvalue weighted by Gasteiger charge is 2.30. The van der Waals surface area contributed by atoms with E-state index in [0.717, 1.165) is 54.2 Å². The minimum Gasteiger partial charge on any atom is -0.441 e. The van der Waals surface area contributed by atoms with Crippen molar-refractivity contribution in [3.8, 4) is 0 Å². The normalized spacial score (nSPS) is 18.1. The largest absolute Gasteiger partial charge is 0.441 e. The summed E-state index contributed by atoms with van der Waals surface area (Å²) in [4.78, 5) is 19.1. The van der Waals surface area contributed by atoms with E-state index >= 15 is 0 Å². The number of carbonyl (C=O) groups is 1. The number of anilines is 2. The molecule has 3 aromatic rings. The topological polar surface area (TPSA) is 76.2 Å². The molecule has 1 N–H and O–H groups in total. The fraction of sp³-hybridized carbons (Fsp3) is 0.389. The molecule has 1 saturated heterocycles. The van der Waals surface area contributed by atoms with Crippen molar-refractivity contribution in [3.05, 3.63) is 36.5 Å². The van der Waals surface area contributed by atoms with Crippen LogP contribution >= 0.6 is 0 Å². The summed E-state index contributed by atoms with van der Waals surface area (Å²) < 4.78 is 7.35. The fourth-order valence-corrected chi connectivity index (χ4v) is 3.23. The van der Waals surface area contributed by atoms with Crippen LogP contribution in [-0.4, -0.2) is 33.3 Å². The number of rotatable bonds is 4. The molecule has 0 bridgehead atoms. The molecule has 1 atom stereocenters. The average Bonchev–Trinajstić information content (AvgIpc) is 3.22. The van der Waals surface area contributed by atoms with Crippen LogP contribution in [0.25, 0.3) is 11.1 Å². The molecule has 1 fully saturated rings. The van der Waals surface area contributed by atoms with Gasteiger partial charge in [0.1, 0.15) is 11.6 Å². The van der Waals surface area contributed by atoms with Gasteiger partial charge in [0.05, 0.1) is 11.9 Å². The van der Waals surface area contributed by atoms with Crippen molar-refractivity contribution in [2.75, 3.05) is 16.8 Å². The number of nitrogens with zero attached hydrogens (tertiary/aromatic N) is 4. The van der Waals surface area contributed by atoms with Crippen LogP contribution in [0.5, 0.6) is 0 Å². The maximum Gasteiger partial charge on any atom is 0.249 e. The maximum absolute atomic E-state index is 12.8. The predicted octanol–water partition coefficient (Wildman–Crippen LogP) is 2.73. The first-order valence-corrected chi connectivity index (χ1v) is 8.60. The van der Waals surface area contributed by atoms with Gasteiger partial charge in [-0.3, -0.25) is 9.48 Å². The van der Waals surface area contributed by atoms with E-state index in [1.54, 1.807) is 15.8 Å². The van der Waals surface area contributed by atoms with Crippen LogP contribution in [-0.2, 0) is 18.3 Å². The molecule has 130 valence electrons. The Bertz CT molecular complexity index is 913. The second-order valence-corrected chi connectivity index (χ2v) is 6.34. The Morgan fingerprint density at radius 1 is 1.40 bits per heavy atom. The molecule has 0 radical (unpaired) electrons. The molecule has 4 rings (SSSR count). The van der Waals surface area contributed by atoms with E-state index in [9.17, 15) is 4.79 Å². The minimum atomic E-state index is -0.246. The summed E-state index contributed by atoms with van der Waals surface area (Å²) in [6.45, 7) is 2.74. The van der Waals surface area contributed by atoms with Gasteiger partial charge < -0.3 is 14.6 Å². The number of amides is 1. The Kier molecular flexibility index (Phi) is 3.91. The van der Waals surface area contributed by atoms with E-state index in [0.29, 0.717) is 0 Å². The Morgan fingerprint density at radius 3 is 3.04 bits per heavy atom.